The molecule has 5 heteroatoms. The van der Waals surface area contributed by atoms with Gasteiger partial charge in [0.2, 0.25) is 0 Å². The average Bonchev–Trinajstić information content (AvgIpc) is 2.46. The number of esters is 1. The molecule has 5 nitrogen and oxygen atoms in total. The predicted octanol–water partition coefficient (Wildman–Crippen LogP) is 2.49. The zero-order valence-corrected chi connectivity index (χ0v) is 12.5. The van der Waals surface area contributed by atoms with Crippen LogP contribution in [0.4, 0.5) is 5.82 Å². The van der Waals surface area contributed by atoms with Gasteiger partial charge in [-0.1, -0.05) is 6.92 Å². The van der Waals surface area contributed by atoms with E-state index >= 15 is 0 Å². The first-order valence-corrected chi connectivity index (χ1v) is 7.31. The molecule has 0 bridgehead atoms. The quantitative estimate of drug-likeness (QED) is 0.857. The summed E-state index contributed by atoms with van der Waals surface area (Å²) in [7, 11) is 1.46. The fraction of sp³-hybridized carbons (Fsp3) is 0.667. The van der Waals surface area contributed by atoms with Crippen LogP contribution in [0.2, 0.25) is 0 Å². The number of nitrogens with zero attached hydrogens (tertiary/aromatic N) is 2. The molecule has 0 spiro atoms. The van der Waals surface area contributed by atoms with Crippen molar-refractivity contribution in [2.45, 2.75) is 52.0 Å². The van der Waals surface area contributed by atoms with Crippen molar-refractivity contribution in [3.63, 3.8) is 0 Å². The number of carbonyl (C=O) groups excluding carboxylic acids is 1. The zero-order chi connectivity index (χ0) is 14.5. The number of aromatic nitrogens is 2. The zero-order valence-electron chi connectivity index (χ0n) is 12.5. The van der Waals surface area contributed by atoms with E-state index in [0.717, 1.165) is 49.4 Å². The lowest BCUT2D eigenvalue weighted by Gasteiger charge is -2.28. The molecule has 1 heterocycles. The van der Waals surface area contributed by atoms with Crippen LogP contribution in [-0.2, 0) is 16.0 Å². The Morgan fingerprint density at radius 2 is 2.05 bits per heavy atom. The van der Waals surface area contributed by atoms with Gasteiger partial charge in [0.25, 0.3) is 0 Å². The van der Waals surface area contributed by atoms with Gasteiger partial charge < -0.3 is 10.1 Å². The van der Waals surface area contributed by atoms with Crippen molar-refractivity contribution in [1.82, 2.24) is 9.97 Å². The minimum Gasteiger partial charge on any atom is -0.469 e. The lowest BCUT2D eigenvalue weighted by atomic mass is 9.86. The summed E-state index contributed by atoms with van der Waals surface area (Å²) in [5, 5.41) is 3.47. The summed E-state index contributed by atoms with van der Waals surface area (Å²) in [6.45, 7) is 4.01. The Morgan fingerprint density at radius 3 is 2.65 bits per heavy atom. The Bertz CT molecular complexity index is 468. The smallest absolute Gasteiger partial charge is 0.308 e. The molecule has 0 aliphatic heterocycles. The first-order valence-electron chi connectivity index (χ1n) is 7.31. The van der Waals surface area contributed by atoms with Crippen molar-refractivity contribution in [3.05, 3.63) is 17.6 Å². The van der Waals surface area contributed by atoms with Crippen LogP contribution in [0.5, 0.6) is 0 Å². The van der Waals surface area contributed by atoms with Crippen LogP contribution in [0.15, 0.2) is 6.07 Å². The highest BCUT2D eigenvalue weighted by Crippen LogP contribution is 2.27. The van der Waals surface area contributed by atoms with Gasteiger partial charge in [0.1, 0.15) is 11.6 Å². The minimum absolute atomic E-state index is 0.0661. The number of ether oxygens (including phenoxy) is 1. The highest BCUT2D eigenvalue weighted by Gasteiger charge is 2.26. The second-order valence-corrected chi connectivity index (χ2v) is 5.36. The van der Waals surface area contributed by atoms with E-state index in [0.29, 0.717) is 6.04 Å². The van der Waals surface area contributed by atoms with Crippen LogP contribution in [-0.4, -0.2) is 29.1 Å². The third kappa shape index (κ3) is 3.68. The number of nitrogens with one attached hydrogen (secondary N) is 1. The molecule has 1 N–H and O–H groups in total. The van der Waals surface area contributed by atoms with Crippen molar-refractivity contribution in [2.24, 2.45) is 5.92 Å². The second-order valence-electron chi connectivity index (χ2n) is 5.36. The largest absolute Gasteiger partial charge is 0.469 e. The molecule has 1 aliphatic carbocycles. The monoisotopic (exact) mass is 277 g/mol. The summed E-state index contributed by atoms with van der Waals surface area (Å²) in [5.74, 6) is 1.69. The van der Waals surface area contributed by atoms with E-state index in [-0.39, 0.29) is 11.9 Å². The molecule has 1 saturated carbocycles. The second kappa shape index (κ2) is 6.68. The summed E-state index contributed by atoms with van der Waals surface area (Å²) in [4.78, 5) is 20.3. The van der Waals surface area contributed by atoms with Crippen molar-refractivity contribution in [2.75, 3.05) is 12.4 Å². The lowest BCUT2D eigenvalue weighted by molar-refractivity contribution is -0.146. The van der Waals surface area contributed by atoms with E-state index in [9.17, 15) is 4.79 Å². The lowest BCUT2D eigenvalue weighted by Crippen LogP contribution is -2.30. The summed E-state index contributed by atoms with van der Waals surface area (Å²) in [6.07, 6.45) is 4.63. The third-order valence-electron chi connectivity index (χ3n) is 3.87. The fourth-order valence-corrected chi connectivity index (χ4v) is 2.73. The van der Waals surface area contributed by atoms with Gasteiger partial charge in [0.05, 0.1) is 13.0 Å². The van der Waals surface area contributed by atoms with E-state index in [1.165, 1.54) is 7.11 Å². The summed E-state index contributed by atoms with van der Waals surface area (Å²) >= 11 is 0. The molecule has 0 amide bonds. The predicted molar refractivity (Wildman–Crippen MR) is 77.5 cm³/mol. The van der Waals surface area contributed by atoms with E-state index in [4.69, 9.17) is 4.74 Å². The van der Waals surface area contributed by atoms with Crippen molar-refractivity contribution >= 4 is 11.8 Å². The van der Waals surface area contributed by atoms with Gasteiger partial charge in [-0.3, -0.25) is 4.79 Å². The molecular weight excluding hydrogens is 254 g/mol. The standard InChI is InChI=1S/C15H23N3O2/c1-4-12-9-14(17-10(2)16-12)18-13-7-5-11(6-8-13)15(19)20-3/h9,11,13H,4-8H2,1-3H3,(H,16,17,18). The number of anilines is 1. The van der Waals surface area contributed by atoms with Crippen LogP contribution >= 0.6 is 0 Å². The summed E-state index contributed by atoms with van der Waals surface area (Å²) in [5.41, 5.74) is 1.06. The maximum absolute atomic E-state index is 11.5. The Labute approximate surface area is 120 Å². The molecule has 0 radical (unpaired) electrons. The van der Waals surface area contributed by atoms with Crippen molar-refractivity contribution in [1.29, 1.82) is 0 Å². The van der Waals surface area contributed by atoms with Crippen LogP contribution in [0.1, 0.15) is 44.1 Å². The third-order valence-corrected chi connectivity index (χ3v) is 3.87. The molecule has 1 aliphatic rings. The fourth-order valence-electron chi connectivity index (χ4n) is 2.73. The maximum Gasteiger partial charge on any atom is 0.308 e. The van der Waals surface area contributed by atoms with Gasteiger partial charge in [-0.2, -0.15) is 0 Å². The van der Waals surface area contributed by atoms with E-state index in [1.54, 1.807) is 0 Å². The minimum atomic E-state index is -0.0744. The van der Waals surface area contributed by atoms with Gasteiger partial charge >= 0.3 is 5.97 Å². The Hall–Kier alpha value is -1.65. The number of rotatable bonds is 4. The van der Waals surface area contributed by atoms with Gasteiger partial charge in [-0.15, -0.1) is 0 Å². The Morgan fingerprint density at radius 1 is 1.35 bits per heavy atom. The van der Waals surface area contributed by atoms with Crippen LogP contribution < -0.4 is 5.32 Å². The Kier molecular flexibility index (Phi) is 4.93. The molecule has 2 rings (SSSR count). The van der Waals surface area contributed by atoms with Gasteiger partial charge in [-0.25, -0.2) is 9.97 Å². The topological polar surface area (TPSA) is 64.1 Å². The first kappa shape index (κ1) is 14.8. The van der Waals surface area contributed by atoms with Gasteiger partial charge in [-0.05, 0) is 39.0 Å². The number of methoxy groups -OCH3 is 1. The number of aryl methyl sites for hydroxylation is 2. The van der Waals surface area contributed by atoms with Crippen LogP contribution in [0.25, 0.3) is 0 Å². The molecule has 0 atom stereocenters. The molecule has 1 fully saturated rings. The number of hydrogen-bond donors (Lipinski definition) is 1. The molecule has 1 aromatic heterocycles. The molecular formula is C15H23N3O2. The van der Waals surface area contributed by atoms with Gasteiger partial charge in [0.15, 0.2) is 0 Å². The summed E-state index contributed by atoms with van der Waals surface area (Å²) in [6, 6.07) is 2.40. The molecule has 0 saturated heterocycles. The van der Waals surface area contributed by atoms with E-state index < -0.39 is 0 Å². The van der Waals surface area contributed by atoms with Gasteiger partial charge in [0, 0.05) is 17.8 Å². The molecule has 110 valence electrons. The maximum atomic E-state index is 11.5. The normalized spacial score (nSPS) is 22.4. The molecule has 0 aromatic carbocycles. The highest BCUT2D eigenvalue weighted by molar-refractivity contribution is 5.72. The van der Waals surface area contributed by atoms with Crippen molar-refractivity contribution < 1.29 is 9.53 Å². The van der Waals surface area contributed by atoms with Crippen molar-refractivity contribution in [3.8, 4) is 0 Å². The Balaban J connectivity index is 1.92. The summed E-state index contributed by atoms with van der Waals surface area (Å²) < 4.78 is 4.81. The number of hydrogen-bond acceptors (Lipinski definition) is 5. The SMILES string of the molecule is CCc1cc(NC2CCC(C(=O)OC)CC2)nc(C)n1. The number of carbonyl (C=O) groups is 1. The molecule has 1 aromatic rings. The molecule has 20 heavy (non-hydrogen) atoms. The van der Waals surface area contributed by atoms with E-state index in [2.05, 4.69) is 22.2 Å². The van der Waals surface area contributed by atoms with E-state index in [1.807, 2.05) is 13.0 Å². The first-order chi connectivity index (χ1) is 9.62. The van der Waals surface area contributed by atoms with Crippen LogP contribution in [0, 0.1) is 12.8 Å². The van der Waals surface area contributed by atoms with Crippen LogP contribution in [0.3, 0.4) is 0 Å². The average molecular weight is 277 g/mol. The molecule has 0 unspecified atom stereocenters. The highest BCUT2D eigenvalue weighted by atomic mass is 16.5.